The van der Waals surface area contributed by atoms with Crippen molar-refractivity contribution in [2.45, 2.75) is 38.0 Å². The van der Waals surface area contributed by atoms with Gasteiger partial charge < -0.3 is 4.90 Å². The van der Waals surface area contributed by atoms with E-state index < -0.39 is 35.0 Å². The van der Waals surface area contributed by atoms with Crippen molar-refractivity contribution in [3.05, 3.63) is 34.9 Å². The summed E-state index contributed by atoms with van der Waals surface area (Å²) in [5.74, 6) is -0.788. The Morgan fingerprint density at radius 1 is 0.783 bits per heavy atom. The smallest absolute Gasteiger partial charge is 0.339 e. The van der Waals surface area contributed by atoms with Crippen LogP contribution in [0.25, 0.3) is 0 Å². The van der Waals surface area contributed by atoms with Crippen molar-refractivity contribution in [2.75, 3.05) is 13.1 Å². The molecular weight excluding hydrogens is 324 g/mol. The number of halogens is 6. The molecule has 1 saturated heterocycles. The van der Waals surface area contributed by atoms with Crippen LogP contribution >= 0.6 is 0 Å². The van der Waals surface area contributed by atoms with Gasteiger partial charge in [-0.15, -0.1) is 0 Å². The highest BCUT2D eigenvalue weighted by atomic mass is 19.4. The Balaban J connectivity index is 2.42. The number of carbonyl (C=O) groups excluding carboxylic acids is 1. The highest BCUT2D eigenvalue weighted by Gasteiger charge is 2.37. The number of alkyl halides is 6. The summed E-state index contributed by atoms with van der Waals surface area (Å²) in [6.07, 6.45) is -6.74. The largest absolute Gasteiger partial charge is 0.416 e. The lowest BCUT2D eigenvalue weighted by molar-refractivity contribution is -0.143. The minimum absolute atomic E-state index is 0.0270. The molecule has 8 heteroatoms. The number of nitrogens with zero attached hydrogens (tertiary/aromatic N) is 1. The molecule has 128 valence electrons. The van der Waals surface area contributed by atoms with Crippen molar-refractivity contribution in [1.29, 1.82) is 0 Å². The molecule has 0 aliphatic carbocycles. The first-order valence-electron chi connectivity index (χ1n) is 7.18. The van der Waals surface area contributed by atoms with Crippen molar-refractivity contribution < 1.29 is 31.1 Å². The Kier molecular flexibility index (Phi) is 4.91. The van der Waals surface area contributed by atoms with Crippen LogP contribution in [0.5, 0.6) is 0 Å². The zero-order valence-electron chi connectivity index (χ0n) is 12.1. The quantitative estimate of drug-likeness (QED) is 0.677. The highest BCUT2D eigenvalue weighted by molar-refractivity contribution is 5.94. The van der Waals surface area contributed by atoms with Gasteiger partial charge in [0.05, 0.1) is 11.1 Å². The molecule has 1 amide bonds. The predicted molar refractivity (Wildman–Crippen MR) is 70.8 cm³/mol. The second-order valence-electron chi connectivity index (χ2n) is 5.50. The molecule has 0 spiro atoms. The lowest BCUT2D eigenvalue weighted by atomic mass is 10.0. The van der Waals surface area contributed by atoms with Crippen LogP contribution in [0.4, 0.5) is 26.3 Å². The van der Waals surface area contributed by atoms with Gasteiger partial charge in [-0.1, -0.05) is 12.8 Å². The van der Waals surface area contributed by atoms with Gasteiger partial charge in [0, 0.05) is 18.7 Å². The van der Waals surface area contributed by atoms with Gasteiger partial charge in [0.25, 0.3) is 5.91 Å². The third kappa shape index (κ3) is 4.39. The highest BCUT2D eigenvalue weighted by Crippen LogP contribution is 2.36. The molecule has 1 aromatic rings. The third-order valence-corrected chi connectivity index (χ3v) is 3.73. The maximum atomic E-state index is 12.8. The van der Waals surface area contributed by atoms with Crippen LogP contribution in [-0.4, -0.2) is 23.9 Å². The molecule has 2 nitrogen and oxygen atoms in total. The number of likely N-dealkylation sites (tertiary alicyclic amines) is 1. The summed E-state index contributed by atoms with van der Waals surface area (Å²) in [7, 11) is 0. The first-order chi connectivity index (χ1) is 10.6. The van der Waals surface area contributed by atoms with E-state index in [0.29, 0.717) is 38.1 Å². The maximum Gasteiger partial charge on any atom is 0.416 e. The van der Waals surface area contributed by atoms with E-state index in [4.69, 9.17) is 0 Å². The van der Waals surface area contributed by atoms with Crippen molar-refractivity contribution in [2.24, 2.45) is 0 Å². The maximum absolute atomic E-state index is 12.8. The van der Waals surface area contributed by atoms with Crippen molar-refractivity contribution in [3.8, 4) is 0 Å². The molecule has 0 atom stereocenters. The van der Waals surface area contributed by atoms with E-state index in [1.54, 1.807) is 0 Å². The molecule has 1 heterocycles. The monoisotopic (exact) mass is 339 g/mol. The van der Waals surface area contributed by atoms with E-state index >= 15 is 0 Å². The second kappa shape index (κ2) is 6.41. The minimum Gasteiger partial charge on any atom is -0.339 e. The summed E-state index contributed by atoms with van der Waals surface area (Å²) in [5.41, 5.74) is -3.51. The van der Waals surface area contributed by atoms with Gasteiger partial charge in [-0.05, 0) is 31.0 Å². The molecule has 2 rings (SSSR count). The Morgan fingerprint density at radius 2 is 1.22 bits per heavy atom. The summed E-state index contributed by atoms with van der Waals surface area (Å²) >= 11 is 0. The summed E-state index contributed by atoms with van der Waals surface area (Å²) < 4.78 is 76.9. The molecule has 0 bridgehead atoms. The first kappa shape index (κ1) is 17.6. The molecule has 0 N–H and O–H groups in total. The Bertz CT molecular complexity index is 538. The van der Waals surface area contributed by atoms with Crippen molar-refractivity contribution in [3.63, 3.8) is 0 Å². The van der Waals surface area contributed by atoms with Crippen molar-refractivity contribution >= 4 is 5.91 Å². The predicted octanol–water partition coefficient (Wildman–Crippen LogP) is 4.74. The fraction of sp³-hybridized carbons (Fsp3) is 0.533. The Morgan fingerprint density at radius 3 is 1.61 bits per heavy atom. The standard InChI is InChI=1S/C15H15F6NO/c16-14(17,18)11-7-10(8-12(9-11)15(19,20)21)13(23)22-5-3-1-2-4-6-22/h7-9H,1-6H2. The van der Waals surface area contributed by atoms with Crippen LogP contribution in [0.15, 0.2) is 18.2 Å². The molecule has 0 unspecified atom stereocenters. The topological polar surface area (TPSA) is 20.3 Å². The molecule has 1 fully saturated rings. The third-order valence-electron chi connectivity index (χ3n) is 3.73. The van der Waals surface area contributed by atoms with Crippen molar-refractivity contribution in [1.82, 2.24) is 4.90 Å². The number of benzene rings is 1. The van der Waals surface area contributed by atoms with E-state index in [0.717, 1.165) is 12.8 Å². The normalized spacial score (nSPS) is 17.0. The molecule has 0 saturated carbocycles. The molecule has 0 aromatic heterocycles. The first-order valence-corrected chi connectivity index (χ1v) is 7.18. The number of hydrogen-bond donors (Lipinski definition) is 0. The lowest BCUT2D eigenvalue weighted by Crippen LogP contribution is -2.32. The SMILES string of the molecule is O=C(c1cc(C(F)(F)F)cc(C(F)(F)F)c1)N1CCCCCC1. The molecule has 23 heavy (non-hydrogen) atoms. The van der Waals surface area contributed by atoms with Gasteiger partial charge >= 0.3 is 12.4 Å². The second-order valence-corrected chi connectivity index (χ2v) is 5.50. The molecular formula is C15H15F6NO. The summed E-state index contributed by atoms with van der Waals surface area (Å²) in [6.45, 7) is 0.687. The van der Waals surface area contributed by atoms with Crippen LogP contribution in [0.3, 0.4) is 0 Å². The van der Waals surface area contributed by atoms with Crippen LogP contribution in [-0.2, 0) is 12.4 Å². The fourth-order valence-corrected chi connectivity index (χ4v) is 2.53. The van der Waals surface area contributed by atoms with Gasteiger partial charge in [-0.25, -0.2) is 0 Å². The average molecular weight is 339 g/mol. The van der Waals surface area contributed by atoms with E-state index in [9.17, 15) is 31.1 Å². The Labute approximate surface area is 129 Å². The number of rotatable bonds is 1. The van der Waals surface area contributed by atoms with Gasteiger partial charge in [0.2, 0.25) is 0 Å². The average Bonchev–Trinajstić information content (AvgIpc) is 2.73. The zero-order valence-corrected chi connectivity index (χ0v) is 12.1. The number of hydrogen-bond acceptors (Lipinski definition) is 1. The van der Waals surface area contributed by atoms with E-state index in [1.807, 2.05) is 0 Å². The molecule has 0 radical (unpaired) electrons. The lowest BCUT2D eigenvalue weighted by Gasteiger charge is -2.21. The van der Waals surface area contributed by atoms with Gasteiger partial charge in [0.1, 0.15) is 0 Å². The van der Waals surface area contributed by atoms with Crippen LogP contribution in [0, 0.1) is 0 Å². The molecule has 1 aliphatic rings. The van der Waals surface area contributed by atoms with Gasteiger partial charge in [-0.3, -0.25) is 4.79 Å². The summed E-state index contributed by atoms with van der Waals surface area (Å²) in [5, 5.41) is 0. The van der Waals surface area contributed by atoms with Crippen LogP contribution in [0.2, 0.25) is 0 Å². The summed E-state index contributed by atoms with van der Waals surface area (Å²) in [4.78, 5) is 13.6. The van der Waals surface area contributed by atoms with Gasteiger partial charge in [-0.2, -0.15) is 26.3 Å². The number of amides is 1. The van der Waals surface area contributed by atoms with E-state index in [1.165, 1.54) is 4.90 Å². The molecule has 1 aliphatic heterocycles. The van der Waals surface area contributed by atoms with Crippen LogP contribution < -0.4 is 0 Å². The van der Waals surface area contributed by atoms with Crippen LogP contribution in [0.1, 0.15) is 47.2 Å². The minimum atomic E-state index is -4.95. The van der Waals surface area contributed by atoms with Gasteiger partial charge in [0.15, 0.2) is 0 Å². The number of carbonyl (C=O) groups is 1. The Hall–Kier alpha value is -1.73. The zero-order chi connectivity index (χ0) is 17.3. The van der Waals surface area contributed by atoms with E-state index in [-0.39, 0.29) is 6.07 Å². The fourth-order valence-electron chi connectivity index (χ4n) is 2.53. The molecule has 1 aromatic carbocycles. The van der Waals surface area contributed by atoms with E-state index in [2.05, 4.69) is 0 Å². The summed E-state index contributed by atoms with van der Waals surface area (Å²) in [6, 6.07) is 1.00.